The normalized spacial score (nSPS) is 21.7. The third kappa shape index (κ3) is 2.41. The number of morpholine rings is 1. The first-order valence-corrected chi connectivity index (χ1v) is 6.86. The summed E-state index contributed by atoms with van der Waals surface area (Å²) < 4.78 is 5.35. The minimum atomic E-state index is 0.115. The zero-order chi connectivity index (χ0) is 10.7. The summed E-state index contributed by atoms with van der Waals surface area (Å²) in [5, 5.41) is 4.59. The lowest BCUT2D eigenvalue weighted by Crippen LogP contribution is -2.49. The highest BCUT2D eigenvalue weighted by Gasteiger charge is 2.27. The summed E-state index contributed by atoms with van der Waals surface area (Å²) in [6, 6.07) is 2.03. The van der Waals surface area contributed by atoms with Gasteiger partial charge in [0.2, 0.25) is 0 Å². The van der Waals surface area contributed by atoms with Crippen LogP contribution in [0.3, 0.4) is 0 Å². The van der Waals surface area contributed by atoms with Gasteiger partial charge in [0.15, 0.2) is 0 Å². The van der Waals surface area contributed by atoms with E-state index in [0.717, 1.165) is 10.9 Å². The fourth-order valence-electron chi connectivity index (χ4n) is 1.60. The molecule has 0 N–H and O–H groups in total. The van der Waals surface area contributed by atoms with E-state index in [1.54, 1.807) is 11.3 Å². The molecule has 2 rings (SSSR count). The zero-order valence-electron chi connectivity index (χ0n) is 8.19. The summed E-state index contributed by atoms with van der Waals surface area (Å²) in [4.78, 5) is 14.0. The highest BCUT2D eigenvalue weighted by molar-refractivity contribution is 9.09. The van der Waals surface area contributed by atoms with E-state index in [1.807, 2.05) is 21.7 Å². The lowest BCUT2D eigenvalue weighted by atomic mass is 10.2. The molecule has 3 nitrogen and oxygen atoms in total. The molecule has 1 saturated heterocycles. The quantitative estimate of drug-likeness (QED) is 0.780. The van der Waals surface area contributed by atoms with Gasteiger partial charge in [-0.2, -0.15) is 11.3 Å². The van der Waals surface area contributed by atoms with E-state index < -0.39 is 0 Å². The van der Waals surface area contributed by atoms with Crippen molar-refractivity contribution in [1.82, 2.24) is 4.90 Å². The average Bonchev–Trinajstić information content (AvgIpc) is 2.81. The van der Waals surface area contributed by atoms with E-state index in [4.69, 9.17) is 4.74 Å². The maximum atomic E-state index is 12.1. The Hall–Kier alpha value is -0.390. The Morgan fingerprint density at radius 3 is 3.27 bits per heavy atom. The number of thiophene rings is 1. The third-order valence-electron chi connectivity index (χ3n) is 2.43. The molecule has 2 heterocycles. The smallest absolute Gasteiger partial charge is 0.255 e. The zero-order valence-corrected chi connectivity index (χ0v) is 10.6. The fourth-order valence-corrected chi connectivity index (χ4v) is 2.77. The maximum absolute atomic E-state index is 12.1. The predicted molar refractivity (Wildman–Crippen MR) is 63.8 cm³/mol. The average molecular weight is 290 g/mol. The lowest BCUT2D eigenvalue weighted by Gasteiger charge is -2.34. The Balaban J connectivity index is 2.11. The second kappa shape index (κ2) is 5.09. The molecule has 1 amide bonds. The van der Waals surface area contributed by atoms with E-state index in [1.165, 1.54) is 0 Å². The van der Waals surface area contributed by atoms with Crippen LogP contribution in [0.25, 0.3) is 0 Å². The summed E-state index contributed by atoms with van der Waals surface area (Å²) in [6.07, 6.45) is 0. The van der Waals surface area contributed by atoms with Crippen LogP contribution in [-0.2, 0) is 4.74 Å². The molecule has 5 heteroatoms. The Morgan fingerprint density at radius 1 is 1.73 bits per heavy atom. The molecule has 1 unspecified atom stereocenters. The molecular weight excluding hydrogens is 278 g/mol. The molecule has 0 aromatic carbocycles. The van der Waals surface area contributed by atoms with Crippen LogP contribution in [0.15, 0.2) is 16.8 Å². The van der Waals surface area contributed by atoms with E-state index in [9.17, 15) is 4.79 Å². The molecule has 1 aliphatic heterocycles. The standard InChI is InChI=1S/C10H12BrNO2S/c11-5-9-6-14-3-2-12(9)10(13)8-1-4-15-7-8/h1,4,7,9H,2-3,5-6H2. The molecule has 0 radical (unpaired) electrons. The molecular formula is C10H12BrNO2S. The largest absolute Gasteiger partial charge is 0.377 e. The Labute approximate surface area is 101 Å². The number of halogens is 1. The van der Waals surface area contributed by atoms with Crippen molar-refractivity contribution in [3.63, 3.8) is 0 Å². The number of amides is 1. The van der Waals surface area contributed by atoms with Crippen LogP contribution >= 0.6 is 27.3 Å². The fraction of sp³-hybridized carbons (Fsp3) is 0.500. The number of hydrogen-bond acceptors (Lipinski definition) is 3. The van der Waals surface area contributed by atoms with Crippen LogP contribution in [0.5, 0.6) is 0 Å². The molecule has 0 aliphatic carbocycles. The van der Waals surface area contributed by atoms with Crippen molar-refractivity contribution in [1.29, 1.82) is 0 Å². The van der Waals surface area contributed by atoms with Crippen molar-refractivity contribution in [3.8, 4) is 0 Å². The first kappa shape index (κ1) is 11.1. The molecule has 1 aliphatic rings. The van der Waals surface area contributed by atoms with Gasteiger partial charge in [-0.05, 0) is 11.4 Å². The first-order chi connectivity index (χ1) is 7.33. The molecule has 1 fully saturated rings. The number of carbonyl (C=O) groups is 1. The van der Waals surface area contributed by atoms with Gasteiger partial charge in [-0.15, -0.1) is 0 Å². The summed E-state index contributed by atoms with van der Waals surface area (Å²) in [5.41, 5.74) is 0.785. The highest BCUT2D eigenvalue weighted by Crippen LogP contribution is 2.15. The SMILES string of the molecule is O=C(c1ccsc1)N1CCOCC1CBr. The summed E-state index contributed by atoms with van der Waals surface area (Å²) in [5.74, 6) is 0.115. The van der Waals surface area contributed by atoms with Crippen LogP contribution in [-0.4, -0.2) is 41.9 Å². The highest BCUT2D eigenvalue weighted by atomic mass is 79.9. The molecule has 1 atom stereocenters. The monoisotopic (exact) mass is 289 g/mol. The van der Waals surface area contributed by atoms with Gasteiger partial charge in [-0.25, -0.2) is 0 Å². The van der Waals surface area contributed by atoms with Crippen molar-refractivity contribution < 1.29 is 9.53 Å². The van der Waals surface area contributed by atoms with Gasteiger partial charge in [-0.3, -0.25) is 4.79 Å². The third-order valence-corrected chi connectivity index (χ3v) is 3.87. The van der Waals surface area contributed by atoms with Crippen molar-refractivity contribution in [3.05, 3.63) is 22.4 Å². The van der Waals surface area contributed by atoms with Crippen molar-refractivity contribution >= 4 is 33.2 Å². The first-order valence-electron chi connectivity index (χ1n) is 4.80. The van der Waals surface area contributed by atoms with Gasteiger partial charge in [0.1, 0.15) is 0 Å². The Bertz CT molecular complexity index is 328. The van der Waals surface area contributed by atoms with Gasteiger partial charge < -0.3 is 9.64 Å². The minimum absolute atomic E-state index is 0.115. The van der Waals surface area contributed by atoms with E-state index in [2.05, 4.69) is 15.9 Å². The molecule has 1 aromatic rings. The summed E-state index contributed by atoms with van der Waals surface area (Å²) in [6.45, 7) is 1.95. The molecule has 1 aromatic heterocycles. The van der Waals surface area contributed by atoms with Crippen molar-refractivity contribution in [2.24, 2.45) is 0 Å². The molecule has 15 heavy (non-hydrogen) atoms. The van der Waals surface area contributed by atoms with Crippen LogP contribution < -0.4 is 0 Å². The number of nitrogens with zero attached hydrogens (tertiary/aromatic N) is 1. The topological polar surface area (TPSA) is 29.5 Å². The molecule has 0 bridgehead atoms. The number of carbonyl (C=O) groups excluding carboxylic acids is 1. The molecule has 0 saturated carbocycles. The van der Waals surface area contributed by atoms with Crippen LogP contribution in [0.1, 0.15) is 10.4 Å². The van der Waals surface area contributed by atoms with Gasteiger partial charge in [0, 0.05) is 17.3 Å². The van der Waals surface area contributed by atoms with E-state index >= 15 is 0 Å². The predicted octanol–water partition coefficient (Wildman–Crippen LogP) is 1.98. The molecule has 0 spiro atoms. The van der Waals surface area contributed by atoms with Crippen molar-refractivity contribution in [2.75, 3.05) is 25.1 Å². The van der Waals surface area contributed by atoms with Gasteiger partial charge in [0.25, 0.3) is 5.91 Å². The van der Waals surface area contributed by atoms with Crippen LogP contribution in [0, 0.1) is 0 Å². The maximum Gasteiger partial charge on any atom is 0.255 e. The second-order valence-electron chi connectivity index (χ2n) is 3.39. The number of alkyl halides is 1. The van der Waals surface area contributed by atoms with E-state index in [0.29, 0.717) is 19.8 Å². The number of ether oxygens (including phenoxy) is 1. The lowest BCUT2D eigenvalue weighted by molar-refractivity contribution is 0.00528. The second-order valence-corrected chi connectivity index (χ2v) is 4.82. The number of hydrogen-bond donors (Lipinski definition) is 0. The molecule has 82 valence electrons. The van der Waals surface area contributed by atoms with Gasteiger partial charge in [0.05, 0.1) is 24.8 Å². The summed E-state index contributed by atoms with van der Waals surface area (Å²) in [7, 11) is 0. The Morgan fingerprint density at radius 2 is 2.60 bits per heavy atom. The van der Waals surface area contributed by atoms with Crippen LogP contribution in [0.2, 0.25) is 0 Å². The van der Waals surface area contributed by atoms with Gasteiger partial charge >= 0.3 is 0 Å². The van der Waals surface area contributed by atoms with E-state index in [-0.39, 0.29) is 11.9 Å². The van der Waals surface area contributed by atoms with Crippen molar-refractivity contribution in [2.45, 2.75) is 6.04 Å². The van der Waals surface area contributed by atoms with Crippen LogP contribution in [0.4, 0.5) is 0 Å². The minimum Gasteiger partial charge on any atom is -0.377 e. The van der Waals surface area contributed by atoms with Gasteiger partial charge in [-0.1, -0.05) is 15.9 Å². The number of rotatable bonds is 2. The Kier molecular flexibility index (Phi) is 3.77. The summed E-state index contributed by atoms with van der Waals surface area (Å²) >= 11 is 4.96.